The molecular weight excluding hydrogens is 393 g/mol. The van der Waals surface area contributed by atoms with Gasteiger partial charge in [0.05, 0.1) is 13.7 Å². The van der Waals surface area contributed by atoms with Crippen LogP contribution in [-0.2, 0) is 16.1 Å². The zero-order valence-corrected chi connectivity index (χ0v) is 17.5. The van der Waals surface area contributed by atoms with Gasteiger partial charge in [-0.15, -0.1) is 0 Å². The second-order valence-corrected chi connectivity index (χ2v) is 6.59. The lowest BCUT2D eigenvalue weighted by Crippen LogP contribution is -2.32. The molecular formula is C22H28FNO6. The first-order chi connectivity index (χ1) is 14.5. The van der Waals surface area contributed by atoms with E-state index >= 15 is 0 Å². The maximum atomic E-state index is 13.7. The SMILES string of the molecule is COCCN(CCOc1ccccc1F)Cc1cccc(OC)c1OC(C)C(=O)O. The molecule has 0 aliphatic carbocycles. The first-order valence-electron chi connectivity index (χ1n) is 9.60. The van der Waals surface area contributed by atoms with Crippen LogP contribution in [0.2, 0.25) is 0 Å². The molecule has 0 amide bonds. The molecule has 0 aromatic heterocycles. The van der Waals surface area contributed by atoms with Crippen molar-refractivity contribution >= 4 is 5.97 Å². The number of rotatable bonds is 13. The highest BCUT2D eigenvalue weighted by Crippen LogP contribution is 2.33. The van der Waals surface area contributed by atoms with Crippen LogP contribution in [0.1, 0.15) is 12.5 Å². The molecule has 0 aliphatic rings. The zero-order valence-electron chi connectivity index (χ0n) is 17.5. The fraction of sp³-hybridized carbons (Fsp3) is 0.409. The normalized spacial score (nSPS) is 11.9. The highest BCUT2D eigenvalue weighted by molar-refractivity contribution is 5.72. The number of hydrogen-bond donors (Lipinski definition) is 1. The molecule has 1 atom stereocenters. The molecule has 8 heteroatoms. The second kappa shape index (κ2) is 12.0. The summed E-state index contributed by atoms with van der Waals surface area (Å²) in [7, 11) is 3.12. The Labute approximate surface area is 175 Å². The predicted octanol–water partition coefficient (Wildman–Crippen LogP) is 3.21. The summed E-state index contributed by atoms with van der Waals surface area (Å²) in [5.41, 5.74) is 0.768. The van der Waals surface area contributed by atoms with Gasteiger partial charge in [-0.3, -0.25) is 4.90 Å². The summed E-state index contributed by atoms with van der Waals surface area (Å²) in [5, 5.41) is 9.20. The van der Waals surface area contributed by atoms with Crippen LogP contribution >= 0.6 is 0 Å². The molecule has 0 saturated carbocycles. The summed E-state index contributed by atoms with van der Waals surface area (Å²) in [6, 6.07) is 11.6. The Kier molecular flexibility index (Phi) is 9.37. The van der Waals surface area contributed by atoms with Gasteiger partial charge in [0.15, 0.2) is 29.2 Å². The van der Waals surface area contributed by atoms with Crippen molar-refractivity contribution < 1.29 is 33.2 Å². The summed E-state index contributed by atoms with van der Waals surface area (Å²) in [5.74, 6) is -0.444. The van der Waals surface area contributed by atoms with Gasteiger partial charge in [-0.1, -0.05) is 24.3 Å². The quantitative estimate of drug-likeness (QED) is 0.532. The van der Waals surface area contributed by atoms with Gasteiger partial charge in [-0.05, 0) is 25.1 Å². The minimum Gasteiger partial charge on any atom is -0.493 e. The fourth-order valence-electron chi connectivity index (χ4n) is 2.79. The summed E-state index contributed by atoms with van der Waals surface area (Å²) in [6.07, 6.45) is -1.03. The van der Waals surface area contributed by atoms with Gasteiger partial charge < -0.3 is 24.1 Å². The second-order valence-electron chi connectivity index (χ2n) is 6.59. The van der Waals surface area contributed by atoms with Crippen LogP contribution in [0, 0.1) is 5.82 Å². The van der Waals surface area contributed by atoms with Crippen LogP contribution in [0.5, 0.6) is 17.2 Å². The predicted molar refractivity (Wildman–Crippen MR) is 110 cm³/mol. The number of para-hydroxylation sites is 2. The largest absolute Gasteiger partial charge is 0.493 e. The number of methoxy groups -OCH3 is 2. The van der Waals surface area contributed by atoms with Crippen LogP contribution in [0.25, 0.3) is 0 Å². The lowest BCUT2D eigenvalue weighted by molar-refractivity contribution is -0.144. The molecule has 1 N–H and O–H groups in total. The molecule has 0 saturated heterocycles. The third-order valence-electron chi connectivity index (χ3n) is 4.43. The van der Waals surface area contributed by atoms with Crippen LogP contribution in [0.15, 0.2) is 42.5 Å². The van der Waals surface area contributed by atoms with E-state index < -0.39 is 17.9 Å². The van der Waals surface area contributed by atoms with Gasteiger partial charge in [-0.25, -0.2) is 9.18 Å². The number of aliphatic carboxylic acids is 1. The Morgan fingerprint density at radius 3 is 2.43 bits per heavy atom. The summed E-state index contributed by atoms with van der Waals surface area (Å²) in [4.78, 5) is 13.3. The molecule has 2 aromatic rings. The monoisotopic (exact) mass is 421 g/mol. The highest BCUT2D eigenvalue weighted by atomic mass is 19.1. The van der Waals surface area contributed by atoms with Crippen molar-refractivity contribution in [1.29, 1.82) is 0 Å². The molecule has 0 spiro atoms. The van der Waals surface area contributed by atoms with Crippen molar-refractivity contribution in [2.45, 2.75) is 19.6 Å². The molecule has 2 aromatic carbocycles. The number of carboxylic acid groups (broad SMARTS) is 1. The smallest absolute Gasteiger partial charge is 0.344 e. The van der Waals surface area contributed by atoms with Crippen molar-refractivity contribution in [3.63, 3.8) is 0 Å². The number of halogens is 1. The Bertz CT molecular complexity index is 816. The molecule has 0 bridgehead atoms. The van der Waals surface area contributed by atoms with Crippen LogP contribution in [-0.4, -0.2) is 62.6 Å². The van der Waals surface area contributed by atoms with Gasteiger partial charge in [0.25, 0.3) is 0 Å². The van der Waals surface area contributed by atoms with E-state index in [1.54, 1.807) is 31.4 Å². The Morgan fingerprint density at radius 1 is 1.07 bits per heavy atom. The van der Waals surface area contributed by atoms with Crippen molar-refractivity contribution in [1.82, 2.24) is 4.90 Å². The molecule has 164 valence electrons. The number of benzene rings is 2. The Balaban J connectivity index is 2.12. The number of hydrogen-bond acceptors (Lipinski definition) is 6. The summed E-state index contributed by atoms with van der Waals surface area (Å²) in [6.45, 7) is 3.78. The third kappa shape index (κ3) is 6.89. The number of carbonyl (C=O) groups is 1. The number of carboxylic acids is 1. The standard InChI is InChI=1S/C22H28FNO6/c1-16(22(25)26)30-21-17(7-6-10-20(21)28-3)15-24(11-13-27-2)12-14-29-19-9-5-4-8-18(19)23/h4-10,16H,11-15H2,1-3H3,(H,25,26). The van der Waals surface area contributed by atoms with E-state index in [1.807, 2.05) is 12.1 Å². The van der Waals surface area contributed by atoms with Gasteiger partial charge in [-0.2, -0.15) is 0 Å². The first kappa shape index (κ1) is 23.4. The van der Waals surface area contributed by atoms with E-state index in [-0.39, 0.29) is 12.4 Å². The lowest BCUT2D eigenvalue weighted by atomic mass is 10.1. The molecule has 0 fully saturated rings. The average Bonchev–Trinajstić information content (AvgIpc) is 2.74. The van der Waals surface area contributed by atoms with Crippen molar-refractivity contribution in [2.75, 3.05) is 40.5 Å². The summed E-state index contributed by atoms with van der Waals surface area (Å²) >= 11 is 0. The molecule has 0 radical (unpaired) electrons. The minimum atomic E-state index is -1.07. The average molecular weight is 421 g/mol. The maximum Gasteiger partial charge on any atom is 0.344 e. The van der Waals surface area contributed by atoms with E-state index in [4.69, 9.17) is 18.9 Å². The van der Waals surface area contributed by atoms with E-state index in [0.29, 0.717) is 37.7 Å². The van der Waals surface area contributed by atoms with E-state index in [9.17, 15) is 14.3 Å². The van der Waals surface area contributed by atoms with Crippen molar-refractivity contribution in [3.05, 3.63) is 53.8 Å². The molecule has 7 nitrogen and oxygen atoms in total. The van der Waals surface area contributed by atoms with Gasteiger partial charge in [0.1, 0.15) is 6.61 Å². The van der Waals surface area contributed by atoms with Gasteiger partial charge >= 0.3 is 5.97 Å². The van der Waals surface area contributed by atoms with Gasteiger partial charge in [0, 0.05) is 32.3 Å². The molecule has 30 heavy (non-hydrogen) atoms. The Hall–Kier alpha value is -2.84. The topological polar surface area (TPSA) is 77.5 Å². The van der Waals surface area contributed by atoms with E-state index in [1.165, 1.54) is 20.1 Å². The van der Waals surface area contributed by atoms with Crippen molar-refractivity contribution in [2.24, 2.45) is 0 Å². The van der Waals surface area contributed by atoms with Crippen molar-refractivity contribution in [3.8, 4) is 17.2 Å². The number of nitrogens with zero attached hydrogens (tertiary/aromatic N) is 1. The maximum absolute atomic E-state index is 13.7. The first-order valence-corrected chi connectivity index (χ1v) is 9.60. The zero-order chi connectivity index (χ0) is 21.9. The van der Waals surface area contributed by atoms with E-state index in [2.05, 4.69) is 4.90 Å². The lowest BCUT2D eigenvalue weighted by Gasteiger charge is -2.24. The molecule has 0 aliphatic heterocycles. The molecule has 0 heterocycles. The van der Waals surface area contributed by atoms with Gasteiger partial charge in [0.2, 0.25) is 0 Å². The fourth-order valence-corrected chi connectivity index (χ4v) is 2.79. The van der Waals surface area contributed by atoms with Crippen LogP contribution in [0.4, 0.5) is 4.39 Å². The number of ether oxygens (including phenoxy) is 4. The Morgan fingerprint density at radius 2 is 1.77 bits per heavy atom. The minimum absolute atomic E-state index is 0.199. The summed E-state index contributed by atoms with van der Waals surface area (Å²) < 4.78 is 35.5. The molecule has 2 rings (SSSR count). The third-order valence-corrected chi connectivity index (χ3v) is 4.43. The highest BCUT2D eigenvalue weighted by Gasteiger charge is 2.20. The van der Waals surface area contributed by atoms with E-state index in [0.717, 1.165) is 5.56 Å². The molecule has 1 unspecified atom stereocenters. The van der Waals surface area contributed by atoms with Crippen LogP contribution in [0.3, 0.4) is 0 Å². The van der Waals surface area contributed by atoms with Crippen LogP contribution < -0.4 is 14.2 Å².